The number of hydrogen-bond acceptors (Lipinski definition) is 3. The molecular formula is C16H19ClN2O. The van der Waals surface area contributed by atoms with Gasteiger partial charge in [-0.1, -0.05) is 42.5 Å². The van der Waals surface area contributed by atoms with Crippen LogP contribution in [0, 0.1) is 0 Å². The molecule has 1 saturated heterocycles. The molecule has 1 fully saturated rings. The van der Waals surface area contributed by atoms with Gasteiger partial charge in [0, 0.05) is 13.1 Å². The molecular weight excluding hydrogens is 272 g/mol. The lowest BCUT2D eigenvalue weighted by atomic mass is 9.85. The van der Waals surface area contributed by atoms with Gasteiger partial charge in [0.05, 0.1) is 5.54 Å². The molecule has 0 amide bonds. The van der Waals surface area contributed by atoms with Gasteiger partial charge >= 0.3 is 0 Å². The minimum absolute atomic E-state index is 0. The van der Waals surface area contributed by atoms with Gasteiger partial charge in [0.1, 0.15) is 12.4 Å². The zero-order chi connectivity index (χ0) is 13.1. The van der Waals surface area contributed by atoms with Crippen molar-refractivity contribution in [3.8, 4) is 5.75 Å². The number of halogens is 1. The first-order valence-electron chi connectivity index (χ1n) is 6.53. The monoisotopic (exact) mass is 290 g/mol. The van der Waals surface area contributed by atoms with Crippen LogP contribution in [-0.2, 0) is 12.1 Å². The molecule has 0 bridgehead atoms. The average molecular weight is 291 g/mol. The van der Waals surface area contributed by atoms with Gasteiger partial charge in [-0.3, -0.25) is 0 Å². The summed E-state index contributed by atoms with van der Waals surface area (Å²) in [5.74, 6) is 0.873. The van der Waals surface area contributed by atoms with E-state index in [9.17, 15) is 0 Å². The van der Waals surface area contributed by atoms with Crippen LogP contribution in [0.2, 0.25) is 0 Å². The maximum atomic E-state index is 6.28. The van der Waals surface area contributed by atoms with E-state index in [1.54, 1.807) is 0 Å². The van der Waals surface area contributed by atoms with E-state index >= 15 is 0 Å². The van der Waals surface area contributed by atoms with Crippen molar-refractivity contribution in [2.75, 3.05) is 13.1 Å². The summed E-state index contributed by atoms with van der Waals surface area (Å²) >= 11 is 0. The minimum atomic E-state index is -0.230. The molecule has 3 N–H and O–H groups in total. The highest BCUT2D eigenvalue weighted by molar-refractivity contribution is 5.85. The molecule has 3 rings (SSSR count). The van der Waals surface area contributed by atoms with Crippen LogP contribution in [0.25, 0.3) is 0 Å². The Morgan fingerprint density at radius 2 is 1.80 bits per heavy atom. The normalized spacial score (nSPS) is 15.8. The van der Waals surface area contributed by atoms with Gasteiger partial charge in [0.15, 0.2) is 0 Å². The van der Waals surface area contributed by atoms with Crippen molar-refractivity contribution >= 4 is 12.4 Å². The third-order valence-corrected chi connectivity index (χ3v) is 3.54. The van der Waals surface area contributed by atoms with E-state index in [2.05, 4.69) is 23.5 Å². The first-order valence-corrected chi connectivity index (χ1v) is 6.53. The second kappa shape index (κ2) is 6.27. The van der Waals surface area contributed by atoms with E-state index < -0.39 is 0 Å². The van der Waals surface area contributed by atoms with Gasteiger partial charge < -0.3 is 15.8 Å². The van der Waals surface area contributed by atoms with Gasteiger partial charge in [0.2, 0.25) is 0 Å². The molecule has 2 aromatic carbocycles. The van der Waals surface area contributed by atoms with Gasteiger partial charge in [-0.2, -0.15) is 0 Å². The van der Waals surface area contributed by atoms with Crippen molar-refractivity contribution in [2.45, 2.75) is 12.1 Å². The minimum Gasteiger partial charge on any atom is -0.489 e. The first kappa shape index (κ1) is 14.9. The number of hydrogen-bond donors (Lipinski definition) is 2. The van der Waals surface area contributed by atoms with Crippen molar-refractivity contribution in [3.05, 3.63) is 65.7 Å². The molecule has 106 valence electrons. The molecule has 2 aromatic rings. The van der Waals surface area contributed by atoms with E-state index in [1.807, 2.05) is 36.4 Å². The molecule has 0 radical (unpaired) electrons. The van der Waals surface area contributed by atoms with Crippen LogP contribution in [0.3, 0.4) is 0 Å². The topological polar surface area (TPSA) is 47.3 Å². The van der Waals surface area contributed by atoms with Crippen LogP contribution >= 0.6 is 12.4 Å². The van der Waals surface area contributed by atoms with E-state index in [4.69, 9.17) is 10.5 Å². The van der Waals surface area contributed by atoms with Gasteiger partial charge in [-0.25, -0.2) is 0 Å². The van der Waals surface area contributed by atoms with Crippen LogP contribution in [-0.4, -0.2) is 13.1 Å². The summed E-state index contributed by atoms with van der Waals surface area (Å²) in [6.45, 7) is 2.24. The van der Waals surface area contributed by atoms with E-state index in [-0.39, 0.29) is 17.9 Å². The maximum Gasteiger partial charge on any atom is 0.120 e. The fourth-order valence-corrected chi connectivity index (χ4v) is 2.23. The van der Waals surface area contributed by atoms with Crippen LogP contribution in [0.5, 0.6) is 5.75 Å². The summed E-state index contributed by atoms with van der Waals surface area (Å²) in [5.41, 5.74) is 8.36. The van der Waals surface area contributed by atoms with Crippen LogP contribution in [0.4, 0.5) is 0 Å². The Labute approximate surface area is 125 Å². The Hall–Kier alpha value is -1.55. The molecule has 0 unspecified atom stereocenters. The van der Waals surface area contributed by atoms with E-state index in [0.717, 1.165) is 24.4 Å². The van der Waals surface area contributed by atoms with Gasteiger partial charge in [0.25, 0.3) is 0 Å². The number of rotatable bonds is 4. The number of nitrogens with one attached hydrogen (secondary N) is 1. The zero-order valence-electron chi connectivity index (χ0n) is 11.2. The lowest BCUT2D eigenvalue weighted by molar-refractivity contribution is 0.280. The summed E-state index contributed by atoms with van der Waals surface area (Å²) in [6, 6.07) is 18.2. The summed E-state index contributed by atoms with van der Waals surface area (Å²) in [7, 11) is 0. The lowest BCUT2D eigenvalue weighted by Crippen LogP contribution is -2.62. The Bertz CT molecular complexity index is 555. The molecule has 0 aliphatic carbocycles. The van der Waals surface area contributed by atoms with Crippen LogP contribution in [0.15, 0.2) is 54.6 Å². The number of ether oxygens (including phenoxy) is 1. The first-order chi connectivity index (χ1) is 9.26. The van der Waals surface area contributed by atoms with E-state index in [1.165, 1.54) is 5.56 Å². The highest BCUT2D eigenvalue weighted by atomic mass is 35.5. The van der Waals surface area contributed by atoms with Crippen molar-refractivity contribution in [1.82, 2.24) is 5.32 Å². The second-order valence-corrected chi connectivity index (χ2v) is 5.06. The molecule has 0 aromatic heterocycles. The quantitative estimate of drug-likeness (QED) is 0.909. The fourth-order valence-electron chi connectivity index (χ4n) is 2.23. The highest BCUT2D eigenvalue weighted by Crippen LogP contribution is 2.26. The Balaban J connectivity index is 0.00000147. The fraction of sp³-hybridized carbons (Fsp3) is 0.250. The Morgan fingerprint density at radius 1 is 1.05 bits per heavy atom. The molecule has 4 heteroatoms. The SMILES string of the molecule is Cl.NC1(c2cccc(OCc3ccccc3)c2)CNC1. The standard InChI is InChI=1S/C16H18N2O.ClH/c17-16(11-18-12-16)14-7-4-8-15(9-14)19-10-13-5-2-1-3-6-13;/h1-9,18H,10-12,17H2;1H. The average Bonchev–Trinajstić information content (AvgIpc) is 2.44. The van der Waals surface area contributed by atoms with Crippen molar-refractivity contribution in [2.24, 2.45) is 5.73 Å². The molecule has 1 aliphatic heterocycles. The Kier molecular flexibility index (Phi) is 4.65. The second-order valence-electron chi connectivity index (χ2n) is 5.06. The van der Waals surface area contributed by atoms with Crippen molar-refractivity contribution < 1.29 is 4.74 Å². The molecule has 3 nitrogen and oxygen atoms in total. The third kappa shape index (κ3) is 3.12. The van der Waals surface area contributed by atoms with Gasteiger partial charge in [-0.15, -0.1) is 12.4 Å². The molecule has 0 spiro atoms. The van der Waals surface area contributed by atoms with E-state index in [0.29, 0.717) is 6.61 Å². The predicted octanol–water partition coefficient (Wildman–Crippen LogP) is 2.44. The zero-order valence-corrected chi connectivity index (χ0v) is 12.0. The summed E-state index contributed by atoms with van der Waals surface area (Å²) in [5, 5.41) is 3.21. The highest BCUT2D eigenvalue weighted by Gasteiger charge is 2.34. The smallest absolute Gasteiger partial charge is 0.120 e. The molecule has 20 heavy (non-hydrogen) atoms. The third-order valence-electron chi connectivity index (χ3n) is 3.54. The number of benzene rings is 2. The number of nitrogens with two attached hydrogens (primary N) is 1. The van der Waals surface area contributed by atoms with Crippen LogP contribution in [0.1, 0.15) is 11.1 Å². The maximum absolute atomic E-state index is 6.28. The van der Waals surface area contributed by atoms with Crippen molar-refractivity contribution in [3.63, 3.8) is 0 Å². The summed E-state index contributed by atoms with van der Waals surface area (Å²) in [4.78, 5) is 0. The molecule has 0 atom stereocenters. The van der Waals surface area contributed by atoms with Crippen molar-refractivity contribution in [1.29, 1.82) is 0 Å². The molecule has 1 aliphatic rings. The lowest BCUT2D eigenvalue weighted by Gasteiger charge is -2.39. The molecule has 0 saturated carbocycles. The summed E-state index contributed by atoms with van der Waals surface area (Å²) in [6.07, 6.45) is 0. The predicted molar refractivity (Wildman–Crippen MR) is 83.2 cm³/mol. The molecule has 1 heterocycles. The largest absolute Gasteiger partial charge is 0.489 e. The Morgan fingerprint density at radius 3 is 2.45 bits per heavy atom. The van der Waals surface area contributed by atoms with Crippen LogP contribution < -0.4 is 15.8 Å². The van der Waals surface area contributed by atoms with Gasteiger partial charge in [-0.05, 0) is 23.3 Å². The summed E-state index contributed by atoms with van der Waals surface area (Å²) < 4.78 is 5.82.